The molecule has 0 amide bonds. The van der Waals surface area contributed by atoms with Crippen molar-refractivity contribution in [1.82, 2.24) is 9.88 Å². The van der Waals surface area contributed by atoms with Crippen LogP contribution >= 0.6 is 0 Å². The molecule has 0 radical (unpaired) electrons. The Kier molecular flexibility index (Phi) is 11.5. The second kappa shape index (κ2) is 16.8. The number of hydrogen-bond acceptors (Lipinski definition) is 6. The lowest BCUT2D eigenvalue weighted by molar-refractivity contribution is 0.0696. The van der Waals surface area contributed by atoms with Crippen molar-refractivity contribution in [3.63, 3.8) is 0 Å². The summed E-state index contributed by atoms with van der Waals surface area (Å²) in [6.45, 7) is 2.00. The maximum atomic E-state index is 11.4. The largest absolute Gasteiger partial charge is 0.512 e. The second-order valence-corrected chi connectivity index (χ2v) is 12.7. The van der Waals surface area contributed by atoms with Gasteiger partial charge in [-0.05, 0) is 96.5 Å². The van der Waals surface area contributed by atoms with E-state index in [1.807, 2.05) is 42.5 Å². The van der Waals surface area contributed by atoms with Crippen molar-refractivity contribution in [1.29, 1.82) is 0 Å². The van der Waals surface area contributed by atoms with E-state index in [-0.39, 0.29) is 17.5 Å². The maximum Gasteiger partial charge on any atom is 0.512 e. The summed E-state index contributed by atoms with van der Waals surface area (Å²) in [4.78, 5) is 29.5. The van der Waals surface area contributed by atoms with Gasteiger partial charge < -0.3 is 19.7 Å². The number of rotatable bonds is 15. The molecule has 8 heteroatoms. The van der Waals surface area contributed by atoms with E-state index in [9.17, 15) is 14.7 Å². The average molecular weight is 671 g/mol. The molecule has 0 saturated heterocycles. The van der Waals surface area contributed by atoms with Gasteiger partial charge in [0.15, 0.2) is 0 Å². The predicted molar refractivity (Wildman–Crippen MR) is 192 cm³/mol. The number of aromatic carboxylic acids is 1. The van der Waals surface area contributed by atoms with Gasteiger partial charge >= 0.3 is 12.1 Å². The Labute approximate surface area is 293 Å². The third kappa shape index (κ3) is 9.36. The molecule has 256 valence electrons. The molecule has 0 spiro atoms. The second-order valence-electron chi connectivity index (χ2n) is 12.7. The lowest BCUT2D eigenvalue weighted by atomic mass is 9.89. The first-order valence-corrected chi connectivity index (χ1v) is 17.2. The maximum absolute atomic E-state index is 11.4. The summed E-state index contributed by atoms with van der Waals surface area (Å²) in [6, 6.07) is 38.2. The van der Waals surface area contributed by atoms with Gasteiger partial charge in [-0.2, -0.15) is 0 Å². The van der Waals surface area contributed by atoms with Crippen LogP contribution in [0.3, 0.4) is 0 Å². The number of para-hydroxylation sites is 1. The Morgan fingerprint density at radius 3 is 2.08 bits per heavy atom. The highest BCUT2D eigenvalue weighted by molar-refractivity contribution is 5.87. The Hall–Kier alpha value is -5.47. The van der Waals surface area contributed by atoms with Crippen molar-refractivity contribution in [3.05, 3.63) is 160 Å². The third-order valence-corrected chi connectivity index (χ3v) is 9.36. The van der Waals surface area contributed by atoms with Crippen LogP contribution in [0.2, 0.25) is 0 Å². The van der Waals surface area contributed by atoms with Crippen LogP contribution in [-0.2, 0) is 38.7 Å². The van der Waals surface area contributed by atoms with Crippen LogP contribution in [0.4, 0.5) is 4.79 Å². The standard InChI is InChI=1S/C42H42N2O6/c45-41(46)35-21-19-32(20-22-35)25-27-44(38-11-6-10-37-36(38)23-24-40(43-37)50-42(47)48)28-26-34-9-4-5-12-39(34)49-29-33-17-15-31(16-18-33)14-13-30-7-2-1-3-8-30/h1-5,7-9,12,15-24,38H,6,10-11,13-14,25-29H2,(H,45,46)(H,47,48). The molecule has 1 aromatic heterocycles. The number of benzene rings is 4. The lowest BCUT2D eigenvalue weighted by Gasteiger charge is -2.36. The van der Waals surface area contributed by atoms with E-state index < -0.39 is 12.1 Å². The number of hydrogen-bond donors (Lipinski definition) is 2. The molecule has 4 aromatic carbocycles. The molecule has 1 aliphatic rings. The average Bonchev–Trinajstić information content (AvgIpc) is 3.14. The van der Waals surface area contributed by atoms with Crippen LogP contribution in [-0.4, -0.2) is 45.3 Å². The fourth-order valence-electron chi connectivity index (χ4n) is 6.66. The molecule has 0 bridgehead atoms. The topological polar surface area (TPSA) is 109 Å². The summed E-state index contributed by atoms with van der Waals surface area (Å²) in [7, 11) is 0. The molecule has 5 aromatic rings. The molecule has 0 fully saturated rings. The molecule has 8 nitrogen and oxygen atoms in total. The zero-order chi connectivity index (χ0) is 34.7. The highest BCUT2D eigenvalue weighted by Gasteiger charge is 2.27. The lowest BCUT2D eigenvalue weighted by Crippen LogP contribution is -2.35. The molecule has 50 heavy (non-hydrogen) atoms. The normalized spacial score (nSPS) is 13.8. The van der Waals surface area contributed by atoms with E-state index in [1.165, 1.54) is 11.1 Å². The van der Waals surface area contributed by atoms with E-state index in [1.54, 1.807) is 18.2 Å². The van der Waals surface area contributed by atoms with Crippen molar-refractivity contribution in [2.24, 2.45) is 0 Å². The van der Waals surface area contributed by atoms with Gasteiger partial charge in [0.25, 0.3) is 0 Å². The van der Waals surface area contributed by atoms with Crippen molar-refractivity contribution in [2.45, 2.75) is 57.6 Å². The SMILES string of the molecule is O=C(O)Oc1ccc2c(n1)CCCC2N(CCc1ccc(C(=O)O)cc1)CCc1ccccc1OCc1ccc(CCc2ccccc2)cc1. The summed E-state index contributed by atoms with van der Waals surface area (Å²) >= 11 is 0. The van der Waals surface area contributed by atoms with Gasteiger partial charge in [-0.25, -0.2) is 14.6 Å². The third-order valence-electron chi connectivity index (χ3n) is 9.36. The van der Waals surface area contributed by atoms with E-state index in [0.29, 0.717) is 6.61 Å². The molecule has 1 heterocycles. The van der Waals surface area contributed by atoms with Crippen molar-refractivity contribution < 1.29 is 29.3 Å². The quantitative estimate of drug-likeness (QED) is 0.107. The van der Waals surface area contributed by atoms with Gasteiger partial charge in [-0.3, -0.25) is 4.90 Å². The van der Waals surface area contributed by atoms with Crippen molar-refractivity contribution >= 4 is 12.1 Å². The van der Waals surface area contributed by atoms with E-state index in [0.717, 1.165) is 91.7 Å². The number of ether oxygens (including phenoxy) is 2. The Bertz CT molecular complexity index is 1880. The fourth-order valence-corrected chi connectivity index (χ4v) is 6.66. The first kappa shape index (κ1) is 34.4. The summed E-state index contributed by atoms with van der Waals surface area (Å²) in [6.07, 6.45) is 4.79. The molecular weight excluding hydrogens is 628 g/mol. The van der Waals surface area contributed by atoms with Crippen LogP contribution in [0.1, 0.15) is 68.3 Å². The first-order chi connectivity index (χ1) is 24.4. The van der Waals surface area contributed by atoms with Gasteiger partial charge in [-0.1, -0.05) is 91.0 Å². The predicted octanol–water partition coefficient (Wildman–Crippen LogP) is 8.37. The van der Waals surface area contributed by atoms with Crippen LogP contribution in [0, 0.1) is 0 Å². The van der Waals surface area contributed by atoms with Crippen LogP contribution in [0.15, 0.2) is 115 Å². The summed E-state index contributed by atoms with van der Waals surface area (Å²) in [5, 5.41) is 18.4. The number of aryl methyl sites for hydroxylation is 3. The molecule has 2 N–H and O–H groups in total. The summed E-state index contributed by atoms with van der Waals surface area (Å²) in [5.41, 5.74) is 8.19. The fraction of sp³-hybridized carbons (Fsp3) is 0.262. The molecule has 1 unspecified atom stereocenters. The van der Waals surface area contributed by atoms with Gasteiger partial charge in [0.05, 0.1) is 5.56 Å². The van der Waals surface area contributed by atoms with E-state index >= 15 is 0 Å². The number of pyridine rings is 1. The first-order valence-electron chi connectivity index (χ1n) is 17.2. The highest BCUT2D eigenvalue weighted by Crippen LogP contribution is 2.35. The molecule has 0 saturated carbocycles. The minimum absolute atomic E-state index is 0.0925. The highest BCUT2D eigenvalue weighted by atomic mass is 16.7. The van der Waals surface area contributed by atoms with Gasteiger partial charge in [-0.15, -0.1) is 0 Å². The number of carboxylic acids is 1. The Morgan fingerprint density at radius 1 is 0.700 bits per heavy atom. The summed E-state index contributed by atoms with van der Waals surface area (Å²) in [5.74, 6) is 0.0216. The number of nitrogens with zero attached hydrogens (tertiary/aromatic N) is 2. The Morgan fingerprint density at radius 2 is 1.34 bits per heavy atom. The zero-order valence-electron chi connectivity index (χ0n) is 28.0. The Balaban J connectivity index is 1.13. The van der Waals surface area contributed by atoms with Gasteiger partial charge in [0.2, 0.25) is 5.88 Å². The van der Waals surface area contributed by atoms with Crippen molar-refractivity contribution in [3.8, 4) is 11.6 Å². The van der Waals surface area contributed by atoms with Gasteiger partial charge in [0.1, 0.15) is 12.4 Å². The van der Waals surface area contributed by atoms with Crippen molar-refractivity contribution in [2.75, 3.05) is 13.1 Å². The number of fused-ring (bicyclic) bond motifs is 1. The molecule has 1 atom stereocenters. The summed E-state index contributed by atoms with van der Waals surface area (Å²) < 4.78 is 11.2. The van der Waals surface area contributed by atoms with Crippen LogP contribution < -0.4 is 9.47 Å². The van der Waals surface area contributed by atoms with Crippen LogP contribution in [0.25, 0.3) is 0 Å². The molecule has 1 aliphatic carbocycles. The van der Waals surface area contributed by atoms with E-state index in [4.69, 9.17) is 14.6 Å². The molecule has 6 rings (SSSR count). The number of carbonyl (C=O) groups is 2. The molecule has 0 aliphatic heterocycles. The number of carboxylic acid groups (broad SMARTS) is 2. The minimum Gasteiger partial charge on any atom is -0.489 e. The minimum atomic E-state index is -1.38. The smallest absolute Gasteiger partial charge is 0.489 e. The van der Waals surface area contributed by atoms with Crippen LogP contribution in [0.5, 0.6) is 11.6 Å². The molecular formula is C42H42N2O6. The van der Waals surface area contributed by atoms with E-state index in [2.05, 4.69) is 64.5 Å². The number of aromatic nitrogens is 1. The monoisotopic (exact) mass is 670 g/mol. The zero-order valence-corrected chi connectivity index (χ0v) is 28.0. The van der Waals surface area contributed by atoms with Gasteiger partial charge in [0, 0.05) is 30.9 Å².